The van der Waals surface area contributed by atoms with Gasteiger partial charge in [0.15, 0.2) is 0 Å². The minimum absolute atomic E-state index is 0.0435. The minimum atomic E-state index is -0.493. The van der Waals surface area contributed by atoms with Crippen LogP contribution in [0.4, 0.5) is 0 Å². The van der Waals surface area contributed by atoms with E-state index in [-0.39, 0.29) is 74.2 Å². The molecule has 0 saturated heterocycles. The maximum atomic E-state index is 12.3. The number of carbonyl (C=O) groups is 5. The number of aromatic nitrogens is 4. The summed E-state index contributed by atoms with van der Waals surface area (Å²) in [5.41, 5.74) is 14.1. The summed E-state index contributed by atoms with van der Waals surface area (Å²) in [7, 11) is 0. The van der Waals surface area contributed by atoms with Gasteiger partial charge in [-0.25, -0.2) is 24.0 Å². The number of ketones is 5. The Labute approximate surface area is 726 Å². The molecule has 9 aromatic heterocycles. The van der Waals surface area contributed by atoms with Crippen molar-refractivity contribution in [1.82, 2.24) is 19.9 Å². The third-order valence-corrected chi connectivity index (χ3v) is 22.1. The van der Waals surface area contributed by atoms with E-state index in [1.807, 2.05) is 184 Å². The smallest absolute Gasteiger partial charge is 0.340 e. The van der Waals surface area contributed by atoms with Crippen LogP contribution < -0.4 is 51.8 Å². The number of Topliss-reactive ketones (excluding diaryl/α,β-unsaturated/α-hetero) is 5. The molecule has 0 atom stereocenters. The Kier molecular flexibility index (Phi) is 31.2. The molecular weight excluding hydrogens is 1610 g/mol. The van der Waals surface area contributed by atoms with E-state index >= 15 is 0 Å². The average molecular weight is 1710 g/mol. The van der Waals surface area contributed by atoms with Crippen molar-refractivity contribution in [1.29, 1.82) is 0 Å². The van der Waals surface area contributed by atoms with Gasteiger partial charge in [0.2, 0.25) is 0 Å². The van der Waals surface area contributed by atoms with Crippen molar-refractivity contribution in [3.8, 4) is 28.7 Å². The number of aliphatic hydroxyl groups is 1. The first-order chi connectivity index (χ1) is 60.3. The summed E-state index contributed by atoms with van der Waals surface area (Å²) in [4.78, 5) is 135. The average Bonchev–Trinajstić information content (AvgIpc) is 1.05. The number of rotatable bonds is 26. The number of hydrogen-bond acceptors (Lipinski definition) is 25. The Hall–Kier alpha value is -13.9. The zero-order valence-corrected chi connectivity index (χ0v) is 73.5. The molecule has 25 nitrogen and oxygen atoms in total. The SMILES string of the molecule is CC(=O)Cc1c(C)c2ccc(OCC3CCCC3)c(C)c2oc1=O.CC(=O)Cc1c(C)c2ccc(OCc3cccc(CO)n3)c(C)c2oc1=O.CC(=O)Cc1c(C)c2ccc(OCc3ccccn3)c(C)c2oc1=O.CC(=O)Cc1c(C)c2ccc(OCc3cccnc3)c(C)c2oc1=O.CC(=O)Cc1c(C)c2ccc(OCc3ccncc3)c(C)c2oc1=O. The second kappa shape index (κ2) is 42.4. The normalized spacial score (nSPS) is 11.7. The molecule has 14 aromatic rings. The second-order valence-electron chi connectivity index (χ2n) is 31.6. The Balaban J connectivity index is 0.000000153. The highest BCUT2D eigenvalue weighted by molar-refractivity contribution is 5.92. The van der Waals surface area contributed by atoms with E-state index in [0.717, 1.165) is 106 Å². The van der Waals surface area contributed by atoms with E-state index in [1.165, 1.54) is 60.3 Å². The summed E-state index contributed by atoms with van der Waals surface area (Å²) in [6, 6.07) is 37.2. The van der Waals surface area contributed by atoms with Gasteiger partial charge >= 0.3 is 28.1 Å². The van der Waals surface area contributed by atoms with E-state index < -0.39 is 28.1 Å². The minimum Gasteiger partial charge on any atom is -0.493 e. The Morgan fingerprint density at radius 2 is 0.659 bits per heavy atom. The quantitative estimate of drug-likeness (QED) is 0.0492. The number of nitrogens with zero attached hydrogens (tertiary/aromatic N) is 4. The Morgan fingerprint density at radius 3 is 0.984 bits per heavy atom. The van der Waals surface area contributed by atoms with E-state index in [9.17, 15) is 53.1 Å². The van der Waals surface area contributed by atoms with Crippen LogP contribution in [-0.2, 0) is 89.1 Å². The molecule has 652 valence electrons. The molecule has 1 aliphatic carbocycles. The van der Waals surface area contributed by atoms with Crippen molar-refractivity contribution in [2.24, 2.45) is 5.92 Å². The molecule has 9 heterocycles. The number of carbonyl (C=O) groups excluding carboxylic acids is 5. The monoisotopic (exact) mass is 1710 g/mol. The molecule has 0 radical (unpaired) electrons. The molecule has 1 aliphatic rings. The summed E-state index contributed by atoms with van der Waals surface area (Å²) in [6.45, 7) is 27.8. The van der Waals surface area contributed by atoms with Gasteiger partial charge in [0, 0.05) is 151 Å². The number of pyridine rings is 4. The largest absolute Gasteiger partial charge is 0.493 e. The molecule has 1 N–H and O–H groups in total. The van der Waals surface area contributed by atoms with E-state index in [0.29, 0.717) is 121 Å². The lowest BCUT2D eigenvalue weighted by atomic mass is 10.0. The maximum absolute atomic E-state index is 12.3. The first-order valence-corrected chi connectivity index (χ1v) is 41.4. The lowest BCUT2D eigenvalue weighted by Crippen LogP contribution is -2.14. The van der Waals surface area contributed by atoms with E-state index in [2.05, 4.69) is 19.9 Å². The summed E-state index contributed by atoms with van der Waals surface area (Å²) >= 11 is 0. The maximum Gasteiger partial charge on any atom is 0.340 e. The molecule has 126 heavy (non-hydrogen) atoms. The number of aryl methyl sites for hydroxylation is 10. The lowest BCUT2D eigenvalue weighted by molar-refractivity contribution is -0.117. The molecular formula is C101H102N4O21. The van der Waals surface area contributed by atoms with Gasteiger partial charge in [-0.15, -0.1) is 0 Å². The molecule has 0 aliphatic heterocycles. The molecule has 0 unspecified atom stereocenters. The van der Waals surface area contributed by atoms with Crippen molar-refractivity contribution < 1.29 is 74.8 Å². The van der Waals surface area contributed by atoms with Crippen molar-refractivity contribution in [2.45, 2.75) is 195 Å². The van der Waals surface area contributed by atoms with Crippen LogP contribution in [0.25, 0.3) is 54.8 Å². The van der Waals surface area contributed by atoms with Gasteiger partial charge in [-0.2, -0.15) is 0 Å². The standard InChI is InChI=1S/C21H21NO5.3C20H19NO4.C20H24O4/c1-12(24)9-18-13(2)17-7-8-19(14(3)20(17)27-21(18)25)26-11-16-6-4-5-15(10-23)22-16;1-12(22)10-17-13(2)16-4-5-18(14(3)19(16)25-20(17)23)24-11-15-6-8-21-9-7-15;1-12(22)9-17-13(2)16-6-7-18(14(3)19(16)25-20(17)23)24-11-15-5-4-8-21-10-15;1-12(22)10-17-13(2)16-7-8-18(14(3)19(16)25-20(17)23)24-11-15-6-4-5-9-21-15;1-12(21)10-17-13(2)16-8-9-18(14(3)19(16)24-20(17)22)23-11-15-6-4-5-7-15/h4-8,23H,9-11H2,1-3H3;4-9H,10-11H2,1-3H3;4-8,10H,9,11H2,1-3H3;4-9H,10-11H2,1-3H3;8-9,15H,4-7,10-11H2,1-3H3. The van der Waals surface area contributed by atoms with Gasteiger partial charge in [-0.05, 0) is 259 Å². The number of ether oxygens (including phenoxy) is 5. The van der Waals surface area contributed by atoms with Gasteiger partial charge in [-0.1, -0.05) is 31.0 Å². The summed E-state index contributed by atoms with van der Waals surface area (Å²) in [5.74, 6) is 3.61. The zero-order valence-electron chi connectivity index (χ0n) is 73.5. The highest BCUT2D eigenvalue weighted by Gasteiger charge is 2.24. The van der Waals surface area contributed by atoms with Crippen LogP contribution in [0, 0.1) is 75.2 Å². The molecule has 1 fully saturated rings. The lowest BCUT2D eigenvalue weighted by Gasteiger charge is -2.15. The van der Waals surface area contributed by atoms with Gasteiger partial charge < -0.3 is 50.9 Å². The fraction of sp³-hybridized carbons (Fsp3) is 0.307. The molecule has 1 saturated carbocycles. The third-order valence-electron chi connectivity index (χ3n) is 22.1. The molecule has 0 bridgehead atoms. The van der Waals surface area contributed by atoms with Crippen LogP contribution in [-0.4, -0.2) is 60.6 Å². The van der Waals surface area contributed by atoms with Crippen LogP contribution in [0.5, 0.6) is 28.7 Å². The van der Waals surface area contributed by atoms with Crippen LogP contribution in [0.15, 0.2) is 198 Å². The summed E-state index contributed by atoms with van der Waals surface area (Å²) in [5, 5.41) is 13.3. The number of fused-ring (bicyclic) bond motifs is 5. The van der Waals surface area contributed by atoms with Crippen molar-refractivity contribution in [2.75, 3.05) is 6.61 Å². The number of benzene rings is 5. The molecule has 5 aromatic carbocycles. The number of aliphatic hydroxyl groups excluding tert-OH is 1. The summed E-state index contributed by atoms with van der Waals surface area (Å²) in [6.07, 6.45) is 14.1. The topological polar surface area (TPSA) is 354 Å². The third kappa shape index (κ3) is 22.9. The highest BCUT2D eigenvalue weighted by atomic mass is 16.5. The predicted octanol–water partition coefficient (Wildman–Crippen LogP) is 17.7. The van der Waals surface area contributed by atoms with E-state index in [4.69, 9.17) is 45.8 Å². The number of hydrogen-bond donors (Lipinski definition) is 1. The van der Waals surface area contributed by atoms with Gasteiger partial charge in [0.1, 0.15) is 112 Å². The van der Waals surface area contributed by atoms with Gasteiger partial charge in [0.05, 0.1) is 30.3 Å². The first-order valence-electron chi connectivity index (χ1n) is 41.4. The zero-order chi connectivity index (χ0) is 90.7. The molecule has 0 amide bonds. The highest BCUT2D eigenvalue weighted by Crippen LogP contribution is 2.37. The fourth-order valence-corrected chi connectivity index (χ4v) is 15.1. The fourth-order valence-electron chi connectivity index (χ4n) is 15.1. The van der Waals surface area contributed by atoms with Gasteiger partial charge in [0.25, 0.3) is 0 Å². The summed E-state index contributed by atoms with van der Waals surface area (Å²) < 4.78 is 56.9. The van der Waals surface area contributed by atoms with Crippen molar-refractivity contribution in [3.05, 3.63) is 316 Å². The van der Waals surface area contributed by atoms with Crippen molar-refractivity contribution >= 4 is 83.8 Å². The van der Waals surface area contributed by atoms with Crippen LogP contribution >= 0.6 is 0 Å². The van der Waals surface area contributed by atoms with Crippen molar-refractivity contribution in [3.63, 3.8) is 0 Å². The Morgan fingerprint density at radius 1 is 0.333 bits per heavy atom. The van der Waals surface area contributed by atoms with Crippen LogP contribution in [0.1, 0.15) is 172 Å². The molecule has 15 rings (SSSR count). The molecule has 0 spiro atoms. The predicted molar refractivity (Wildman–Crippen MR) is 479 cm³/mol. The van der Waals surface area contributed by atoms with Gasteiger partial charge in [-0.3, -0.25) is 43.9 Å². The van der Waals surface area contributed by atoms with Crippen LogP contribution in [0.2, 0.25) is 0 Å². The second-order valence-corrected chi connectivity index (χ2v) is 31.6. The Bertz CT molecular complexity index is 6350. The molecule has 25 heteroatoms. The first kappa shape index (κ1) is 92.8. The van der Waals surface area contributed by atoms with Crippen LogP contribution in [0.3, 0.4) is 0 Å². The van der Waals surface area contributed by atoms with E-state index in [1.54, 1.807) is 37.1 Å².